The molecule has 150 valence electrons. The molecule has 3 heterocycles. The van der Waals surface area contributed by atoms with Crippen molar-refractivity contribution in [3.05, 3.63) is 59.8 Å². The van der Waals surface area contributed by atoms with Gasteiger partial charge in [-0.25, -0.2) is 0 Å². The molecule has 1 atom stereocenters. The quantitative estimate of drug-likeness (QED) is 0.682. The Morgan fingerprint density at radius 2 is 1.97 bits per heavy atom. The zero-order chi connectivity index (χ0) is 20.8. The van der Waals surface area contributed by atoms with Crippen molar-refractivity contribution in [3.8, 4) is 16.9 Å². The maximum atomic E-state index is 13.1. The van der Waals surface area contributed by atoms with Gasteiger partial charge >= 0.3 is 0 Å². The van der Waals surface area contributed by atoms with Crippen molar-refractivity contribution in [3.63, 3.8) is 0 Å². The van der Waals surface area contributed by atoms with E-state index in [0.717, 1.165) is 27.6 Å². The number of aromatic nitrogens is 1. The highest BCUT2D eigenvalue weighted by Crippen LogP contribution is 2.35. The minimum absolute atomic E-state index is 0.193. The van der Waals surface area contributed by atoms with Gasteiger partial charge in [0.1, 0.15) is 11.8 Å². The van der Waals surface area contributed by atoms with Gasteiger partial charge in [0.15, 0.2) is 0 Å². The largest absolute Gasteiger partial charge is 0.497 e. The lowest BCUT2D eigenvalue weighted by molar-refractivity contribution is -0.136. The number of piperidine rings is 1. The third-order valence-electron chi connectivity index (χ3n) is 5.75. The van der Waals surface area contributed by atoms with E-state index in [9.17, 15) is 14.4 Å². The summed E-state index contributed by atoms with van der Waals surface area (Å²) in [4.78, 5) is 42.9. The molecular weight excluding hydrogens is 382 g/mol. The first-order chi connectivity index (χ1) is 14.5. The minimum atomic E-state index is -0.620. The molecular formula is C23H19N3O4. The molecule has 0 aliphatic carbocycles. The Kier molecular flexibility index (Phi) is 4.24. The molecule has 1 unspecified atom stereocenters. The van der Waals surface area contributed by atoms with Crippen LogP contribution in [0.5, 0.6) is 5.75 Å². The lowest BCUT2D eigenvalue weighted by atomic mass is 9.98. The lowest BCUT2D eigenvalue weighted by Gasteiger charge is -2.29. The van der Waals surface area contributed by atoms with Crippen LogP contribution >= 0.6 is 0 Å². The molecule has 7 nitrogen and oxygen atoms in total. The Labute approximate surface area is 172 Å². The first-order valence-corrected chi connectivity index (χ1v) is 9.76. The number of hydrogen-bond donors (Lipinski definition) is 1. The molecule has 7 heteroatoms. The monoisotopic (exact) mass is 401 g/mol. The number of benzene rings is 2. The van der Waals surface area contributed by atoms with Crippen molar-refractivity contribution in [2.24, 2.45) is 0 Å². The Balaban J connectivity index is 1.54. The van der Waals surface area contributed by atoms with E-state index < -0.39 is 11.9 Å². The molecule has 1 aromatic heterocycles. The number of ether oxygens (including phenoxy) is 1. The second kappa shape index (κ2) is 6.95. The van der Waals surface area contributed by atoms with E-state index in [1.165, 1.54) is 0 Å². The number of imide groups is 1. The first kappa shape index (κ1) is 18.3. The molecule has 1 fully saturated rings. The SMILES string of the molecule is COc1cc(-c2ccc3c(c2)C(=O)N(C2CCC(=O)NC2=O)C3)c2ncccc2c1. The third kappa shape index (κ3) is 2.90. The van der Waals surface area contributed by atoms with Gasteiger partial charge in [-0.2, -0.15) is 0 Å². The number of nitrogens with zero attached hydrogens (tertiary/aromatic N) is 2. The molecule has 2 aliphatic rings. The van der Waals surface area contributed by atoms with Crippen LogP contribution in [-0.4, -0.2) is 40.8 Å². The first-order valence-electron chi connectivity index (χ1n) is 9.76. The number of carbonyl (C=O) groups is 3. The highest BCUT2D eigenvalue weighted by molar-refractivity contribution is 6.06. The van der Waals surface area contributed by atoms with Gasteiger partial charge in [-0.1, -0.05) is 18.2 Å². The summed E-state index contributed by atoms with van der Waals surface area (Å²) in [5.41, 5.74) is 4.00. The van der Waals surface area contributed by atoms with Crippen molar-refractivity contribution >= 4 is 28.6 Å². The van der Waals surface area contributed by atoms with E-state index in [0.29, 0.717) is 24.3 Å². The summed E-state index contributed by atoms with van der Waals surface area (Å²) < 4.78 is 5.44. The Bertz CT molecular complexity index is 1220. The van der Waals surface area contributed by atoms with Crippen LogP contribution in [0.3, 0.4) is 0 Å². The topological polar surface area (TPSA) is 88.6 Å². The number of amides is 3. The number of pyridine rings is 1. The fourth-order valence-corrected chi connectivity index (χ4v) is 4.22. The van der Waals surface area contributed by atoms with Crippen molar-refractivity contribution in [1.82, 2.24) is 15.2 Å². The highest BCUT2D eigenvalue weighted by atomic mass is 16.5. The molecule has 2 aromatic carbocycles. The Hall–Kier alpha value is -3.74. The van der Waals surface area contributed by atoms with Crippen molar-refractivity contribution in [1.29, 1.82) is 0 Å². The summed E-state index contributed by atoms with van der Waals surface area (Å²) in [5.74, 6) is -0.181. The fraction of sp³-hybridized carbons (Fsp3) is 0.217. The third-order valence-corrected chi connectivity index (χ3v) is 5.75. The maximum Gasteiger partial charge on any atom is 0.255 e. The number of hydrogen-bond acceptors (Lipinski definition) is 5. The van der Waals surface area contributed by atoms with Crippen LogP contribution in [0, 0.1) is 0 Å². The summed E-state index contributed by atoms with van der Waals surface area (Å²) in [7, 11) is 1.62. The minimum Gasteiger partial charge on any atom is -0.497 e. The van der Waals surface area contributed by atoms with Gasteiger partial charge in [-0.05, 0) is 41.8 Å². The summed E-state index contributed by atoms with van der Waals surface area (Å²) in [6.07, 6.45) is 2.33. The van der Waals surface area contributed by atoms with Crippen LogP contribution in [0.1, 0.15) is 28.8 Å². The number of nitrogens with one attached hydrogen (secondary N) is 1. The van der Waals surface area contributed by atoms with E-state index in [4.69, 9.17) is 4.74 Å². The van der Waals surface area contributed by atoms with Gasteiger partial charge in [-0.3, -0.25) is 24.7 Å². The van der Waals surface area contributed by atoms with Gasteiger partial charge in [0.25, 0.3) is 5.91 Å². The predicted octanol–water partition coefficient (Wildman–Crippen LogP) is 2.67. The Morgan fingerprint density at radius 3 is 2.77 bits per heavy atom. The highest BCUT2D eigenvalue weighted by Gasteiger charge is 2.39. The fourth-order valence-electron chi connectivity index (χ4n) is 4.22. The zero-order valence-corrected chi connectivity index (χ0v) is 16.3. The summed E-state index contributed by atoms with van der Waals surface area (Å²) in [5, 5.41) is 3.28. The van der Waals surface area contributed by atoms with E-state index >= 15 is 0 Å². The normalized spacial score (nSPS) is 18.5. The molecule has 1 saturated heterocycles. The smallest absolute Gasteiger partial charge is 0.255 e. The van der Waals surface area contributed by atoms with Crippen LogP contribution in [0.25, 0.3) is 22.0 Å². The molecule has 1 N–H and O–H groups in total. The van der Waals surface area contributed by atoms with Crippen LogP contribution in [0.2, 0.25) is 0 Å². The van der Waals surface area contributed by atoms with E-state index in [2.05, 4.69) is 10.3 Å². The predicted molar refractivity (Wildman–Crippen MR) is 110 cm³/mol. The van der Waals surface area contributed by atoms with Crippen molar-refractivity contribution < 1.29 is 19.1 Å². The summed E-state index contributed by atoms with van der Waals surface area (Å²) in [6, 6.07) is 12.8. The van der Waals surface area contributed by atoms with E-state index in [-0.39, 0.29) is 18.2 Å². The van der Waals surface area contributed by atoms with Crippen LogP contribution in [0.15, 0.2) is 48.7 Å². The summed E-state index contributed by atoms with van der Waals surface area (Å²) >= 11 is 0. The maximum absolute atomic E-state index is 13.1. The molecule has 2 aliphatic heterocycles. The van der Waals surface area contributed by atoms with Gasteiger partial charge < -0.3 is 9.64 Å². The van der Waals surface area contributed by atoms with Gasteiger partial charge in [-0.15, -0.1) is 0 Å². The van der Waals surface area contributed by atoms with Crippen molar-refractivity contribution in [2.75, 3.05) is 7.11 Å². The lowest BCUT2D eigenvalue weighted by Crippen LogP contribution is -2.52. The molecule has 3 aromatic rings. The number of fused-ring (bicyclic) bond motifs is 2. The second-order valence-corrected chi connectivity index (χ2v) is 7.52. The molecule has 5 rings (SSSR count). The Morgan fingerprint density at radius 1 is 1.10 bits per heavy atom. The number of rotatable bonds is 3. The molecule has 0 spiro atoms. The van der Waals surface area contributed by atoms with Crippen LogP contribution in [0.4, 0.5) is 0 Å². The van der Waals surface area contributed by atoms with E-state index in [1.54, 1.807) is 18.2 Å². The van der Waals surface area contributed by atoms with Crippen LogP contribution < -0.4 is 10.1 Å². The summed E-state index contributed by atoms with van der Waals surface area (Å²) in [6.45, 7) is 0.359. The average molecular weight is 401 g/mol. The second-order valence-electron chi connectivity index (χ2n) is 7.52. The van der Waals surface area contributed by atoms with Crippen molar-refractivity contribution in [2.45, 2.75) is 25.4 Å². The van der Waals surface area contributed by atoms with Gasteiger partial charge in [0.05, 0.1) is 12.6 Å². The average Bonchev–Trinajstić information content (AvgIpc) is 3.08. The van der Waals surface area contributed by atoms with Gasteiger partial charge in [0.2, 0.25) is 11.8 Å². The standard InChI is InChI=1S/C23H19N3O4/c1-30-16-9-14-3-2-8-24-21(14)17(11-16)13-4-5-15-12-26(23(29)18(15)10-13)19-6-7-20(27)25-22(19)28/h2-5,8-11,19H,6-7,12H2,1H3,(H,25,27,28). The number of methoxy groups -OCH3 is 1. The van der Waals surface area contributed by atoms with E-state index in [1.807, 2.05) is 42.5 Å². The molecule has 0 bridgehead atoms. The molecule has 0 saturated carbocycles. The molecule has 30 heavy (non-hydrogen) atoms. The molecule has 0 radical (unpaired) electrons. The van der Waals surface area contributed by atoms with Crippen LogP contribution in [-0.2, 0) is 16.1 Å². The zero-order valence-electron chi connectivity index (χ0n) is 16.3. The number of carbonyl (C=O) groups excluding carboxylic acids is 3. The molecule has 3 amide bonds. The van der Waals surface area contributed by atoms with Gasteiger partial charge in [0, 0.05) is 35.7 Å².